The van der Waals surface area contributed by atoms with Gasteiger partial charge < -0.3 is 4.74 Å². The van der Waals surface area contributed by atoms with Crippen molar-refractivity contribution in [2.24, 2.45) is 5.10 Å². The summed E-state index contributed by atoms with van der Waals surface area (Å²) < 4.78 is 9.65. The lowest BCUT2D eigenvalue weighted by molar-refractivity contribution is -0.119. The third-order valence-corrected chi connectivity index (χ3v) is 7.85. The van der Waals surface area contributed by atoms with E-state index < -0.39 is 0 Å². The number of nitrogens with one attached hydrogen (secondary N) is 1. The second-order valence-corrected chi connectivity index (χ2v) is 11.3. The number of benzene rings is 2. The Morgan fingerprint density at radius 3 is 2.65 bits per heavy atom. The highest BCUT2D eigenvalue weighted by Gasteiger charge is 2.33. The van der Waals surface area contributed by atoms with Gasteiger partial charge in [-0.25, -0.2) is 9.94 Å². The summed E-state index contributed by atoms with van der Waals surface area (Å²) in [6.45, 7) is 6.83. The maximum atomic E-state index is 14.3. The fraction of sp³-hybridized carbons (Fsp3) is 0.387. The van der Waals surface area contributed by atoms with Gasteiger partial charge in [0.25, 0.3) is 5.56 Å². The first-order valence-electron chi connectivity index (χ1n) is 14.0. The van der Waals surface area contributed by atoms with Gasteiger partial charge in [-0.3, -0.25) is 14.2 Å². The van der Waals surface area contributed by atoms with Crippen LogP contribution in [-0.4, -0.2) is 43.0 Å². The number of rotatable bonds is 7. The average Bonchev–Trinajstić information content (AvgIpc) is 3.60. The van der Waals surface area contributed by atoms with Crippen LogP contribution in [0.25, 0.3) is 16.9 Å². The van der Waals surface area contributed by atoms with E-state index in [1.165, 1.54) is 6.33 Å². The largest absolute Gasteiger partial charge is 0.375 e. The molecule has 9 nitrogen and oxygen atoms in total. The van der Waals surface area contributed by atoms with Crippen molar-refractivity contribution in [1.29, 1.82) is 0 Å². The monoisotopic (exact) mass is 538 g/mol. The molecule has 2 aromatic heterocycles. The Bertz CT molecular complexity index is 1670. The first kappa shape index (κ1) is 26.1. The van der Waals surface area contributed by atoms with E-state index in [1.54, 1.807) is 0 Å². The van der Waals surface area contributed by atoms with Crippen molar-refractivity contribution in [3.05, 3.63) is 87.6 Å². The third-order valence-electron chi connectivity index (χ3n) is 7.85. The van der Waals surface area contributed by atoms with E-state index in [-0.39, 0.29) is 29.5 Å². The molecule has 1 atom stereocenters. The minimum absolute atomic E-state index is 0.0182. The first-order valence-corrected chi connectivity index (χ1v) is 14.0. The number of carbonyl (C=O) groups is 1. The standard InChI is InChI=1S/C31H34N6O3/c1-4-8-27-25(29(39)36(30-32-19-33-37(27)30)22-13-14-40-31(2,3)18-22)16-20-11-12-23(21-9-6-5-7-10-21)24(15-20)26-17-28(38)35-34-26/h5-7,9-12,15,19,22H,4,8,13-14,16-18H2,1-3H3,(H,35,38). The Labute approximate surface area is 232 Å². The predicted molar refractivity (Wildman–Crippen MR) is 154 cm³/mol. The van der Waals surface area contributed by atoms with Gasteiger partial charge in [-0.15, -0.1) is 0 Å². The van der Waals surface area contributed by atoms with E-state index in [0.717, 1.165) is 52.8 Å². The number of carbonyl (C=O) groups excluding carboxylic acids is 1. The van der Waals surface area contributed by atoms with Crippen LogP contribution in [0.2, 0.25) is 0 Å². The molecule has 40 heavy (non-hydrogen) atoms. The summed E-state index contributed by atoms with van der Waals surface area (Å²) in [5, 5.41) is 8.89. The molecule has 4 aromatic rings. The summed E-state index contributed by atoms with van der Waals surface area (Å²) >= 11 is 0. The summed E-state index contributed by atoms with van der Waals surface area (Å²) in [4.78, 5) is 30.9. The van der Waals surface area contributed by atoms with Crippen LogP contribution in [0, 0.1) is 0 Å². The fourth-order valence-corrected chi connectivity index (χ4v) is 6.03. The first-order chi connectivity index (χ1) is 19.3. The van der Waals surface area contributed by atoms with Gasteiger partial charge in [-0.1, -0.05) is 55.8 Å². The number of aryl methyl sites for hydroxylation is 1. The van der Waals surface area contributed by atoms with Crippen molar-refractivity contribution in [3.63, 3.8) is 0 Å². The van der Waals surface area contributed by atoms with Crippen LogP contribution in [0.3, 0.4) is 0 Å². The van der Waals surface area contributed by atoms with Gasteiger partial charge in [0.2, 0.25) is 11.7 Å². The van der Waals surface area contributed by atoms with Crippen molar-refractivity contribution in [2.75, 3.05) is 6.61 Å². The molecule has 1 amide bonds. The lowest BCUT2D eigenvalue weighted by Gasteiger charge is -2.36. The molecular weight excluding hydrogens is 504 g/mol. The van der Waals surface area contributed by atoms with Crippen LogP contribution in [0.1, 0.15) is 74.9 Å². The molecule has 2 aromatic carbocycles. The lowest BCUT2D eigenvalue weighted by Crippen LogP contribution is -2.40. The maximum absolute atomic E-state index is 14.3. The zero-order valence-corrected chi connectivity index (χ0v) is 23.2. The van der Waals surface area contributed by atoms with Gasteiger partial charge in [-0.05, 0) is 55.9 Å². The molecule has 0 saturated carbocycles. The number of fused-ring (bicyclic) bond motifs is 1. The van der Waals surface area contributed by atoms with Gasteiger partial charge in [0.05, 0.1) is 23.4 Å². The molecule has 1 unspecified atom stereocenters. The Hall–Kier alpha value is -4.11. The van der Waals surface area contributed by atoms with Crippen LogP contribution in [0.15, 0.2) is 64.8 Å². The highest BCUT2D eigenvalue weighted by Crippen LogP contribution is 2.33. The van der Waals surface area contributed by atoms with Crippen molar-refractivity contribution in [3.8, 4) is 11.1 Å². The molecule has 0 radical (unpaired) electrons. The summed E-state index contributed by atoms with van der Waals surface area (Å²) in [7, 11) is 0. The molecule has 1 N–H and O–H groups in total. The number of hydrogen-bond donors (Lipinski definition) is 1. The van der Waals surface area contributed by atoms with Gasteiger partial charge in [0.1, 0.15) is 6.33 Å². The number of hydrogen-bond acceptors (Lipinski definition) is 6. The Kier molecular flexibility index (Phi) is 6.83. The maximum Gasteiger partial charge on any atom is 0.259 e. The van der Waals surface area contributed by atoms with E-state index in [9.17, 15) is 9.59 Å². The van der Waals surface area contributed by atoms with Gasteiger partial charge >= 0.3 is 0 Å². The van der Waals surface area contributed by atoms with Crippen LogP contribution < -0.4 is 11.0 Å². The fourth-order valence-electron chi connectivity index (χ4n) is 6.03. The minimum Gasteiger partial charge on any atom is -0.375 e. The molecule has 0 spiro atoms. The normalized spacial score (nSPS) is 18.6. The summed E-state index contributed by atoms with van der Waals surface area (Å²) in [6, 6.07) is 16.3. The van der Waals surface area contributed by atoms with E-state index in [4.69, 9.17) is 4.74 Å². The quantitative estimate of drug-likeness (QED) is 0.374. The highest BCUT2D eigenvalue weighted by molar-refractivity contribution is 6.16. The summed E-state index contributed by atoms with van der Waals surface area (Å²) in [5.74, 6) is 0.466. The summed E-state index contributed by atoms with van der Waals surface area (Å²) in [5.41, 5.74) is 8.49. The molecule has 6 rings (SSSR count). The van der Waals surface area contributed by atoms with E-state index in [1.807, 2.05) is 27.3 Å². The highest BCUT2D eigenvalue weighted by atomic mass is 16.5. The van der Waals surface area contributed by atoms with Crippen molar-refractivity contribution in [1.82, 2.24) is 24.6 Å². The smallest absolute Gasteiger partial charge is 0.259 e. The van der Waals surface area contributed by atoms with E-state index in [0.29, 0.717) is 30.9 Å². The molecule has 1 saturated heterocycles. The Morgan fingerprint density at radius 1 is 1.10 bits per heavy atom. The molecule has 2 aliphatic rings. The Morgan fingerprint density at radius 2 is 1.93 bits per heavy atom. The van der Waals surface area contributed by atoms with Crippen molar-refractivity contribution < 1.29 is 9.53 Å². The van der Waals surface area contributed by atoms with Crippen molar-refractivity contribution in [2.45, 2.75) is 70.9 Å². The molecule has 9 heteroatoms. The van der Waals surface area contributed by atoms with E-state index >= 15 is 0 Å². The van der Waals surface area contributed by atoms with Crippen LogP contribution >= 0.6 is 0 Å². The van der Waals surface area contributed by atoms with Gasteiger partial charge in [-0.2, -0.15) is 15.2 Å². The predicted octanol–water partition coefficient (Wildman–Crippen LogP) is 4.46. The molecular formula is C31H34N6O3. The van der Waals surface area contributed by atoms with Gasteiger partial charge in [0.15, 0.2) is 0 Å². The molecule has 1 fully saturated rings. The van der Waals surface area contributed by atoms with Crippen LogP contribution in [0.5, 0.6) is 0 Å². The number of amides is 1. The topological polar surface area (TPSA) is 103 Å². The number of aromatic nitrogens is 4. The van der Waals surface area contributed by atoms with Crippen LogP contribution in [0.4, 0.5) is 0 Å². The van der Waals surface area contributed by atoms with E-state index in [2.05, 4.69) is 71.7 Å². The number of nitrogens with zero attached hydrogens (tertiary/aromatic N) is 5. The number of hydrazone groups is 1. The SMILES string of the molecule is CCCc1c(Cc2ccc(-c3ccccc3)c(C3=NNC(=O)C3)c2)c(=O)n(C2CCOC(C)(C)C2)c2ncnn12. The minimum atomic E-state index is -0.322. The third kappa shape index (κ3) is 4.86. The molecule has 206 valence electrons. The molecule has 0 bridgehead atoms. The molecule has 0 aliphatic carbocycles. The zero-order valence-electron chi connectivity index (χ0n) is 23.2. The Balaban J connectivity index is 1.48. The summed E-state index contributed by atoms with van der Waals surface area (Å²) in [6.07, 6.45) is 5.25. The zero-order chi connectivity index (χ0) is 27.9. The second kappa shape index (κ2) is 10.5. The lowest BCUT2D eigenvalue weighted by atomic mass is 9.91. The number of ether oxygens (including phenoxy) is 1. The van der Waals surface area contributed by atoms with Crippen LogP contribution in [-0.2, 0) is 22.4 Å². The molecule has 4 heterocycles. The second-order valence-electron chi connectivity index (χ2n) is 11.3. The van der Waals surface area contributed by atoms with Crippen molar-refractivity contribution >= 4 is 17.4 Å². The average molecular weight is 539 g/mol. The van der Waals surface area contributed by atoms with Gasteiger partial charge in [0, 0.05) is 30.2 Å². The molecule has 2 aliphatic heterocycles.